The minimum Gasteiger partial charge on any atom is -0.393 e. The van der Waals surface area contributed by atoms with Crippen molar-refractivity contribution in [3.63, 3.8) is 0 Å². The van der Waals surface area contributed by atoms with Crippen molar-refractivity contribution in [2.45, 2.75) is 13.0 Å². The zero-order chi connectivity index (χ0) is 8.97. The van der Waals surface area contributed by atoms with Gasteiger partial charge in [-0.05, 0) is 12.5 Å². The molecule has 1 unspecified atom stereocenters. The van der Waals surface area contributed by atoms with Crippen molar-refractivity contribution in [2.24, 2.45) is 5.90 Å². The summed E-state index contributed by atoms with van der Waals surface area (Å²) in [5.41, 5.74) is 2.03. The third kappa shape index (κ3) is 2.04. The molecule has 0 radical (unpaired) electrons. The molecule has 0 saturated carbocycles. The van der Waals surface area contributed by atoms with Crippen molar-refractivity contribution in [1.82, 2.24) is 0 Å². The molecule has 0 fully saturated rings. The molecule has 0 spiro atoms. The Morgan fingerprint density at radius 1 is 1.58 bits per heavy atom. The first-order valence-electron chi connectivity index (χ1n) is 3.81. The van der Waals surface area contributed by atoms with E-state index in [1.165, 1.54) is 0 Å². The fourth-order valence-electron chi connectivity index (χ4n) is 1.10. The van der Waals surface area contributed by atoms with Crippen molar-refractivity contribution in [3.05, 3.63) is 35.4 Å². The van der Waals surface area contributed by atoms with E-state index < -0.39 is 6.10 Å². The van der Waals surface area contributed by atoms with Crippen LogP contribution in [0.1, 0.15) is 17.2 Å². The standard InChI is InChI=1S/C9H13NO2/c1-7-3-2-4-8(5-7)9(6-11)12-10/h2-5,9,11H,6,10H2,1H3. The van der Waals surface area contributed by atoms with Crippen molar-refractivity contribution in [2.75, 3.05) is 6.61 Å². The van der Waals surface area contributed by atoms with Gasteiger partial charge in [0.05, 0.1) is 6.61 Å². The predicted molar refractivity (Wildman–Crippen MR) is 46.3 cm³/mol. The first-order chi connectivity index (χ1) is 5.77. The molecule has 1 aromatic carbocycles. The second-order valence-electron chi connectivity index (χ2n) is 2.72. The van der Waals surface area contributed by atoms with Gasteiger partial charge in [0.1, 0.15) is 6.10 Å². The van der Waals surface area contributed by atoms with Crippen molar-refractivity contribution in [3.8, 4) is 0 Å². The molecular weight excluding hydrogens is 154 g/mol. The van der Waals surface area contributed by atoms with Gasteiger partial charge in [0.15, 0.2) is 0 Å². The van der Waals surface area contributed by atoms with Gasteiger partial charge >= 0.3 is 0 Å². The lowest BCUT2D eigenvalue weighted by Crippen LogP contribution is -2.13. The number of hydrogen-bond acceptors (Lipinski definition) is 3. The summed E-state index contributed by atoms with van der Waals surface area (Å²) in [5, 5.41) is 8.87. The Morgan fingerprint density at radius 3 is 2.83 bits per heavy atom. The second-order valence-corrected chi connectivity index (χ2v) is 2.72. The minimum atomic E-state index is -0.412. The Balaban J connectivity index is 2.85. The normalized spacial score (nSPS) is 12.9. The van der Waals surface area contributed by atoms with Gasteiger partial charge in [0, 0.05) is 0 Å². The first kappa shape index (κ1) is 9.19. The molecule has 0 amide bonds. The van der Waals surface area contributed by atoms with Crippen molar-refractivity contribution < 1.29 is 9.94 Å². The van der Waals surface area contributed by atoms with Crippen LogP contribution in [0.25, 0.3) is 0 Å². The second kappa shape index (κ2) is 4.21. The molecule has 3 heteroatoms. The Labute approximate surface area is 71.7 Å². The minimum absolute atomic E-state index is 0.0973. The maximum Gasteiger partial charge on any atom is 0.127 e. The molecule has 0 saturated heterocycles. The summed E-state index contributed by atoms with van der Waals surface area (Å²) in [6.07, 6.45) is -0.412. The summed E-state index contributed by atoms with van der Waals surface area (Å²) in [5.74, 6) is 5.01. The summed E-state index contributed by atoms with van der Waals surface area (Å²) in [6, 6.07) is 7.70. The van der Waals surface area contributed by atoms with Crippen LogP contribution in [0.3, 0.4) is 0 Å². The number of aliphatic hydroxyl groups excluding tert-OH is 1. The van der Waals surface area contributed by atoms with Gasteiger partial charge in [-0.25, -0.2) is 5.90 Å². The van der Waals surface area contributed by atoms with E-state index in [-0.39, 0.29) is 6.61 Å². The van der Waals surface area contributed by atoms with E-state index in [0.29, 0.717) is 0 Å². The number of aliphatic hydroxyl groups is 1. The lowest BCUT2D eigenvalue weighted by atomic mass is 10.1. The highest BCUT2D eigenvalue weighted by molar-refractivity contribution is 5.24. The van der Waals surface area contributed by atoms with E-state index >= 15 is 0 Å². The lowest BCUT2D eigenvalue weighted by Gasteiger charge is -2.11. The summed E-state index contributed by atoms with van der Waals surface area (Å²) in [6.45, 7) is 1.88. The van der Waals surface area contributed by atoms with E-state index in [1.807, 2.05) is 31.2 Å². The molecule has 1 aromatic rings. The SMILES string of the molecule is Cc1cccc(C(CO)ON)c1. The van der Waals surface area contributed by atoms with Crippen LogP contribution in [0.2, 0.25) is 0 Å². The molecule has 0 aromatic heterocycles. The molecular formula is C9H13NO2. The van der Waals surface area contributed by atoms with Gasteiger partial charge in [0.2, 0.25) is 0 Å². The molecule has 0 aliphatic carbocycles. The molecule has 0 aliphatic rings. The molecule has 1 atom stereocenters. The van der Waals surface area contributed by atoms with E-state index in [1.54, 1.807) is 0 Å². The molecule has 1 rings (SSSR count). The van der Waals surface area contributed by atoms with Gasteiger partial charge in [-0.3, -0.25) is 4.84 Å². The van der Waals surface area contributed by atoms with Gasteiger partial charge < -0.3 is 5.11 Å². The van der Waals surface area contributed by atoms with Crippen LogP contribution in [0.4, 0.5) is 0 Å². The fraction of sp³-hybridized carbons (Fsp3) is 0.333. The Morgan fingerprint density at radius 2 is 2.33 bits per heavy atom. The molecule has 0 heterocycles. The summed E-state index contributed by atoms with van der Waals surface area (Å²) in [7, 11) is 0. The third-order valence-electron chi connectivity index (χ3n) is 1.74. The lowest BCUT2D eigenvalue weighted by molar-refractivity contribution is 0.0108. The van der Waals surface area contributed by atoms with Crippen molar-refractivity contribution >= 4 is 0 Å². The van der Waals surface area contributed by atoms with E-state index in [4.69, 9.17) is 11.0 Å². The van der Waals surface area contributed by atoms with Gasteiger partial charge in [-0.15, -0.1) is 0 Å². The van der Waals surface area contributed by atoms with Crippen LogP contribution in [0.15, 0.2) is 24.3 Å². The smallest absolute Gasteiger partial charge is 0.127 e. The number of hydrogen-bond donors (Lipinski definition) is 2. The third-order valence-corrected chi connectivity index (χ3v) is 1.74. The molecule has 66 valence electrons. The number of aryl methyl sites for hydroxylation is 1. The average molecular weight is 167 g/mol. The highest BCUT2D eigenvalue weighted by atomic mass is 16.6. The first-order valence-corrected chi connectivity index (χ1v) is 3.81. The highest BCUT2D eigenvalue weighted by Crippen LogP contribution is 2.15. The molecule has 3 nitrogen and oxygen atoms in total. The Bertz CT molecular complexity index is 246. The molecule has 0 aliphatic heterocycles. The molecule has 0 bridgehead atoms. The predicted octanol–water partition coefficient (Wildman–Crippen LogP) is 0.919. The van der Waals surface area contributed by atoms with Gasteiger partial charge in [0.25, 0.3) is 0 Å². The van der Waals surface area contributed by atoms with Crippen LogP contribution < -0.4 is 5.90 Å². The van der Waals surface area contributed by atoms with E-state index in [0.717, 1.165) is 11.1 Å². The maximum atomic E-state index is 8.87. The van der Waals surface area contributed by atoms with E-state index in [9.17, 15) is 0 Å². The van der Waals surface area contributed by atoms with E-state index in [2.05, 4.69) is 4.84 Å². The number of rotatable bonds is 3. The van der Waals surface area contributed by atoms with Crippen LogP contribution in [-0.4, -0.2) is 11.7 Å². The summed E-state index contributed by atoms with van der Waals surface area (Å²) < 4.78 is 0. The number of benzene rings is 1. The van der Waals surface area contributed by atoms with Gasteiger partial charge in [-0.2, -0.15) is 0 Å². The molecule has 3 N–H and O–H groups in total. The quantitative estimate of drug-likeness (QED) is 0.658. The zero-order valence-electron chi connectivity index (χ0n) is 7.03. The average Bonchev–Trinajstić information content (AvgIpc) is 2.07. The largest absolute Gasteiger partial charge is 0.393 e. The van der Waals surface area contributed by atoms with Crippen LogP contribution in [-0.2, 0) is 4.84 Å². The Hall–Kier alpha value is -0.900. The zero-order valence-corrected chi connectivity index (χ0v) is 7.03. The topological polar surface area (TPSA) is 55.5 Å². The van der Waals surface area contributed by atoms with Crippen molar-refractivity contribution in [1.29, 1.82) is 0 Å². The van der Waals surface area contributed by atoms with Crippen LogP contribution >= 0.6 is 0 Å². The highest BCUT2D eigenvalue weighted by Gasteiger charge is 2.08. The van der Waals surface area contributed by atoms with Gasteiger partial charge in [-0.1, -0.05) is 29.8 Å². The summed E-state index contributed by atoms with van der Waals surface area (Å²) in [4.78, 5) is 4.59. The Kier molecular flexibility index (Phi) is 3.22. The monoisotopic (exact) mass is 167 g/mol. The number of nitrogens with two attached hydrogens (primary N) is 1. The van der Waals surface area contributed by atoms with Crippen LogP contribution in [0, 0.1) is 6.92 Å². The maximum absolute atomic E-state index is 8.87. The van der Waals surface area contributed by atoms with Crippen LogP contribution in [0.5, 0.6) is 0 Å². The fourth-order valence-corrected chi connectivity index (χ4v) is 1.10. The summed E-state index contributed by atoms with van der Waals surface area (Å²) >= 11 is 0. The molecule has 12 heavy (non-hydrogen) atoms.